The molecule has 3 aromatic carbocycles. The first kappa shape index (κ1) is 22.0. The Bertz CT molecular complexity index is 1140. The fourth-order valence-electron chi connectivity index (χ4n) is 2.85. The molecule has 0 heterocycles. The normalized spacial score (nSPS) is 11.3. The molecule has 0 saturated heterocycles. The van der Waals surface area contributed by atoms with Gasteiger partial charge in [0, 0.05) is 5.56 Å². The van der Waals surface area contributed by atoms with Crippen molar-refractivity contribution in [3.8, 4) is 5.75 Å². The standard InChI is InChI=1S/C23H23N3O4S/c1-30-22-14-8-18(9-15-22)16-24-25-23(27)20-10-12-21(13-11-20)26(31(2,28)29)17-19-6-4-3-5-7-19/h3-16H,17H2,1-2H3,(H,25,27)/b24-16+. The molecule has 1 N–H and O–H groups in total. The van der Waals surface area contributed by atoms with Crippen molar-refractivity contribution in [1.29, 1.82) is 0 Å². The number of carbonyl (C=O) groups is 1. The van der Waals surface area contributed by atoms with E-state index in [9.17, 15) is 13.2 Å². The van der Waals surface area contributed by atoms with Crippen LogP contribution in [0.4, 0.5) is 5.69 Å². The lowest BCUT2D eigenvalue weighted by Crippen LogP contribution is -2.29. The third-order valence-electron chi connectivity index (χ3n) is 4.48. The van der Waals surface area contributed by atoms with Crippen LogP contribution in [0.5, 0.6) is 5.75 Å². The number of rotatable bonds is 8. The number of hydrogen-bond acceptors (Lipinski definition) is 5. The quantitative estimate of drug-likeness (QED) is 0.432. The first-order chi connectivity index (χ1) is 14.9. The van der Waals surface area contributed by atoms with Crippen LogP contribution in [-0.4, -0.2) is 33.9 Å². The number of nitrogens with one attached hydrogen (secondary N) is 1. The summed E-state index contributed by atoms with van der Waals surface area (Å²) >= 11 is 0. The molecule has 0 fully saturated rings. The first-order valence-electron chi connectivity index (χ1n) is 9.46. The Balaban J connectivity index is 1.68. The van der Waals surface area contributed by atoms with E-state index >= 15 is 0 Å². The van der Waals surface area contributed by atoms with Crippen molar-refractivity contribution in [2.45, 2.75) is 6.54 Å². The Kier molecular flexibility index (Phi) is 7.04. The van der Waals surface area contributed by atoms with Crippen LogP contribution in [0.15, 0.2) is 84.0 Å². The van der Waals surface area contributed by atoms with E-state index in [1.165, 1.54) is 10.5 Å². The highest BCUT2D eigenvalue weighted by Crippen LogP contribution is 2.21. The van der Waals surface area contributed by atoms with Gasteiger partial charge in [-0.1, -0.05) is 30.3 Å². The van der Waals surface area contributed by atoms with Crippen molar-refractivity contribution in [3.05, 3.63) is 95.6 Å². The van der Waals surface area contributed by atoms with Gasteiger partial charge >= 0.3 is 0 Å². The van der Waals surface area contributed by atoms with Crippen molar-refractivity contribution in [1.82, 2.24) is 5.43 Å². The second-order valence-corrected chi connectivity index (χ2v) is 8.68. The number of hydrogen-bond donors (Lipinski definition) is 1. The minimum absolute atomic E-state index is 0.206. The molecule has 0 bridgehead atoms. The van der Waals surface area contributed by atoms with Crippen LogP contribution in [0, 0.1) is 0 Å². The number of sulfonamides is 1. The average molecular weight is 438 g/mol. The van der Waals surface area contributed by atoms with Gasteiger partial charge in [-0.15, -0.1) is 0 Å². The second-order valence-electron chi connectivity index (χ2n) is 6.77. The maximum absolute atomic E-state index is 12.3. The highest BCUT2D eigenvalue weighted by Gasteiger charge is 2.18. The van der Waals surface area contributed by atoms with Crippen molar-refractivity contribution in [2.24, 2.45) is 5.10 Å². The first-order valence-corrected chi connectivity index (χ1v) is 11.3. The number of hydrazone groups is 1. The molecule has 0 radical (unpaired) electrons. The van der Waals surface area contributed by atoms with E-state index < -0.39 is 15.9 Å². The van der Waals surface area contributed by atoms with Crippen LogP contribution in [-0.2, 0) is 16.6 Å². The number of benzene rings is 3. The highest BCUT2D eigenvalue weighted by atomic mass is 32.2. The number of carbonyl (C=O) groups excluding carboxylic acids is 1. The molecule has 7 nitrogen and oxygen atoms in total. The summed E-state index contributed by atoms with van der Waals surface area (Å²) in [6.07, 6.45) is 2.68. The Morgan fingerprint density at radius 2 is 1.65 bits per heavy atom. The summed E-state index contributed by atoms with van der Waals surface area (Å²) in [5, 5.41) is 3.95. The predicted octanol–water partition coefficient (Wildman–Crippen LogP) is 3.43. The molecule has 0 aliphatic carbocycles. The minimum Gasteiger partial charge on any atom is -0.497 e. The molecular weight excluding hydrogens is 414 g/mol. The van der Waals surface area contributed by atoms with Crippen LogP contribution < -0.4 is 14.5 Å². The largest absolute Gasteiger partial charge is 0.497 e. The molecule has 0 atom stereocenters. The van der Waals surface area contributed by atoms with E-state index in [1.54, 1.807) is 43.5 Å². The van der Waals surface area contributed by atoms with Gasteiger partial charge in [0.05, 0.1) is 31.8 Å². The van der Waals surface area contributed by atoms with Gasteiger partial charge < -0.3 is 4.74 Å². The predicted molar refractivity (Wildman–Crippen MR) is 122 cm³/mol. The third-order valence-corrected chi connectivity index (χ3v) is 5.62. The number of nitrogens with zero attached hydrogens (tertiary/aromatic N) is 2. The molecule has 0 saturated carbocycles. The van der Waals surface area contributed by atoms with Crippen LogP contribution in [0.25, 0.3) is 0 Å². The van der Waals surface area contributed by atoms with Gasteiger partial charge in [-0.3, -0.25) is 9.10 Å². The summed E-state index contributed by atoms with van der Waals surface area (Å²) < 4.78 is 31.0. The van der Waals surface area contributed by atoms with Crippen LogP contribution in [0.3, 0.4) is 0 Å². The Morgan fingerprint density at radius 1 is 1.00 bits per heavy atom. The zero-order valence-corrected chi connectivity index (χ0v) is 18.0. The molecule has 0 aromatic heterocycles. The van der Waals surface area contributed by atoms with Gasteiger partial charge in [-0.25, -0.2) is 13.8 Å². The Morgan fingerprint density at radius 3 is 2.23 bits per heavy atom. The molecule has 3 aromatic rings. The number of ether oxygens (including phenoxy) is 1. The van der Waals surface area contributed by atoms with Gasteiger partial charge in [0.15, 0.2) is 0 Å². The minimum atomic E-state index is -3.50. The van der Waals surface area contributed by atoms with Crippen molar-refractivity contribution < 1.29 is 17.9 Å². The number of amides is 1. The Labute approximate surface area is 182 Å². The third kappa shape index (κ3) is 6.16. The van der Waals surface area contributed by atoms with Crippen molar-refractivity contribution >= 4 is 27.8 Å². The molecule has 0 unspecified atom stereocenters. The molecule has 0 aliphatic heterocycles. The zero-order valence-electron chi connectivity index (χ0n) is 17.2. The maximum atomic E-state index is 12.3. The number of methoxy groups -OCH3 is 1. The van der Waals surface area contributed by atoms with E-state index in [0.29, 0.717) is 11.3 Å². The summed E-state index contributed by atoms with van der Waals surface area (Å²) in [7, 11) is -1.91. The maximum Gasteiger partial charge on any atom is 0.271 e. The fraction of sp³-hybridized carbons (Fsp3) is 0.130. The smallest absolute Gasteiger partial charge is 0.271 e. The zero-order chi connectivity index (χ0) is 22.3. The van der Waals surface area contributed by atoms with Gasteiger partial charge in [-0.2, -0.15) is 5.10 Å². The van der Waals surface area contributed by atoms with E-state index in [-0.39, 0.29) is 6.54 Å². The molecule has 0 spiro atoms. The van der Waals surface area contributed by atoms with Crippen LogP contribution >= 0.6 is 0 Å². The van der Waals surface area contributed by atoms with E-state index in [4.69, 9.17) is 4.74 Å². The van der Waals surface area contributed by atoms with Gasteiger partial charge in [-0.05, 0) is 59.7 Å². The lowest BCUT2D eigenvalue weighted by Gasteiger charge is -2.22. The topological polar surface area (TPSA) is 88.1 Å². The summed E-state index contributed by atoms with van der Waals surface area (Å²) in [5.74, 6) is 0.335. The molecule has 0 aliphatic rings. The van der Waals surface area contributed by atoms with Crippen molar-refractivity contribution in [3.63, 3.8) is 0 Å². The molecule has 160 valence electrons. The molecule has 1 amide bonds. The second kappa shape index (κ2) is 9.90. The highest BCUT2D eigenvalue weighted by molar-refractivity contribution is 7.92. The van der Waals surface area contributed by atoms with Gasteiger partial charge in [0.2, 0.25) is 10.0 Å². The summed E-state index contributed by atoms with van der Waals surface area (Å²) in [6, 6.07) is 22.9. The average Bonchev–Trinajstić information content (AvgIpc) is 2.78. The lowest BCUT2D eigenvalue weighted by atomic mass is 10.2. The van der Waals surface area contributed by atoms with Crippen LogP contribution in [0.1, 0.15) is 21.5 Å². The van der Waals surface area contributed by atoms with E-state index in [1.807, 2.05) is 42.5 Å². The van der Waals surface area contributed by atoms with Gasteiger partial charge in [0.25, 0.3) is 5.91 Å². The SMILES string of the molecule is COc1ccc(/C=N/NC(=O)c2ccc(N(Cc3ccccc3)S(C)(=O)=O)cc2)cc1. The summed E-state index contributed by atoms with van der Waals surface area (Å²) in [5.41, 5.74) is 4.97. The summed E-state index contributed by atoms with van der Waals surface area (Å²) in [6.45, 7) is 0.206. The molecule has 3 rings (SSSR count). The van der Waals surface area contributed by atoms with Crippen molar-refractivity contribution in [2.75, 3.05) is 17.7 Å². The molecule has 31 heavy (non-hydrogen) atoms. The van der Waals surface area contributed by atoms with Gasteiger partial charge in [0.1, 0.15) is 5.75 Å². The monoisotopic (exact) mass is 437 g/mol. The molecular formula is C23H23N3O4S. The summed E-state index contributed by atoms with van der Waals surface area (Å²) in [4.78, 5) is 12.3. The van der Waals surface area contributed by atoms with Crippen LogP contribution in [0.2, 0.25) is 0 Å². The number of anilines is 1. The molecule has 8 heteroatoms. The fourth-order valence-corrected chi connectivity index (χ4v) is 3.74. The van der Waals surface area contributed by atoms with E-state index in [0.717, 1.165) is 23.1 Å². The van der Waals surface area contributed by atoms with E-state index in [2.05, 4.69) is 10.5 Å². The Hall–Kier alpha value is -3.65. The lowest BCUT2D eigenvalue weighted by molar-refractivity contribution is 0.0955.